The lowest BCUT2D eigenvalue weighted by atomic mass is 10.2. The normalized spacial score (nSPS) is 10.4. The lowest BCUT2D eigenvalue weighted by Gasteiger charge is -2.06. The van der Waals surface area contributed by atoms with Crippen LogP contribution in [0.4, 0.5) is 17.1 Å². The van der Waals surface area contributed by atoms with E-state index in [0.717, 1.165) is 0 Å². The Bertz CT molecular complexity index is 1100. The molecule has 10 nitrogen and oxygen atoms in total. The number of anilines is 1. The van der Waals surface area contributed by atoms with Crippen molar-refractivity contribution in [1.29, 1.82) is 0 Å². The van der Waals surface area contributed by atoms with Crippen molar-refractivity contribution in [1.82, 2.24) is 0 Å². The molecule has 0 fully saturated rings. The standard InChI is InChI=1S/C18H12ClN3O7/c19-13-7-5-11(21(24)25)9-17(13)28-10-12-6-8-16(29-12)18(23)20-14-3-1-2-4-15(14)22(26)27/h1-9H,10H2,(H,20,23). The SMILES string of the molecule is O=C(Nc1ccccc1[N+](=O)[O-])c1ccc(COc2cc([N+](=O)[O-])ccc2Cl)o1. The first-order valence-electron chi connectivity index (χ1n) is 8.05. The number of amides is 1. The first-order valence-corrected chi connectivity index (χ1v) is 8.43. The van der Waals surface area contributed by atoms with Crippen molar-refractivity contribution in [3.63, 3.8) is 0 Å². The number of carbonyl (C=O) groups is 1. The van der Waals surface area contributed by atoms with E-state index in [1.165, 1.54) is 48.5 Å². The summed E-state index contributed by atoms with van der Waals surface area (Å²) in [6.07, 6.45) is 0. The molecule has 3 aromatic rings. The molecule has 0 radical (unpaired) electrons. The van der Waals surface area contributed by atoms with E-state index in [-0.39, 0.29) is 46.0 Å². The fourth-order valence-electron chi connectivity index (χ4n) is 2.37. The van der Waals surface area contributed by atoms with Crippen LogP contribution in [-0.4, -0.2) is 15.8 Å². The Morgan fingerprint density at radius 1 is 1.07 bits per heavy atom. The quantitative estimate of drug-likeness (QED) is 0.438. The Kier molecular flexibility index (Phi) is 5.74. The topological polar surface area (TPSA) is 138 Å². The zero-order chi connectivity index (χ0) is 21.0. The summed E-state index contributed by atoms with van der Waals surface area (Å²) >= 11 is 5.96. The zero-order valence-corrected chi connectivity index (χ0v) is 15.3. The van der Waals surface area contributed by atoms with E-state index >= 15 is 0 Å². The second kappa shape index (κ2) is 8.40. The van der Waals surface area contributed by atoms with E-state index in [1.54, 1.807) is 6.07 Å². The molecule has 0 aliphatic rings. The van der Waals surface area contributed by atoms with Crippen LogP contribution < -0.4 is 10.1 Å². The summed E-state index contributed by atoms with van der Waals surface area (Å²) in [5.41, 5.74) is -0.412. The van der Waals surface area contributed by atoms with Crippen molar-refractivity contribution in [2.45, 2.75) is 6.61 Å². The van der Waals surface area contributed by atoms with E-state index in [0.29, 0.717) is 0 Å². The van der Waals surface area contributed by atoms with Crippen LogP contribution in [-0.2, 0) is 6.61 Å². The highest BCUT2D eigenvalue weighted by molar-refractivity contribution is 6.32. The van der Waals surface area contributed by atoms with Gasteiger partial charge in [-0.3, -0.25) is 25.0 Å². The Hall–Kier alpha value is -3.92. The van der Waals surface area contributed by atoms with Crippen LogP contribution in [0, 0.1) is 20.2 Å². The highest BCUT2D eigenvalue weighted by Gasteiger charge is 2.18. The molecule has 148 valence electrons. The van der Waals surface area contributed by atoms with Gasteiger partial charge in [-0.15, -0.1) is 0 Å². The Balaban J connectivity index is 1.68. The molecule has 0 saturated heterocycles. The largest absolute Gasteiger partial charge is 0.484 e. The summed E-state index contributed by atoms with van der Waals surface area (Å²) in [6, 6.07) is 12.3. The molecule has 0 atom stereocenters. The minimum atomic E-state index is -0.682. The van der Waals surface area contributed by atoms with Crippen LogP contribution >= 0.6 is 11.6 Å². The van der Waals surface area contributed by atoms with Gasteiger partial charge in [0.15, 0.2) is 5.76 Å². The average Bonchev–Trinajstić information content (AvgIpc) is 3.16. The third-order valence-electron chi connectivity index (χ3n) is 3.73. The number of benzene rings is 2. The van der Waals surface area contributed by atoms with E-state index in [4.69, 9.17) is 20.8 Å². The number of para-hydroxylation sites is 2. The van der Waals surface area contributed by atoms with Gasteiger partial charge in [0.1, 0.15) is 23.8 Å². The lowest BCUT2D eigenvalue weighted by Crippen LogP contribution is -2.12. The smallest absolute Gasteiger partial charge is 0.292 e. The monoisotopic (exact) mass is 417 g/mol. The van der Waals surface area contributed by atoms with Crippen molar-refractivity contribution in [3.8, 4) is 5.75 Å². The van der Waals surface area contributed by atoms with Gasteiger partial charge in [0.25, 0.3) is 17.3 Å². The van der Waals surface area contributed by atoms with Crippen molar-refractivity contribution < 1.29 is 23.8 Å². The molecule has 3 rings (SSSR count). The average molecular weight is 418 g/mol. The number of carbonyl (C=O) groups excluding carboxylic acids is 1. The van der Waals surface area contributed by atoms with Gasteiger partial charge in [0.05, 0.1) is 20.9 Å². The summed E-state index contributed by atoms with van der Waals surface area (Å²) in [5, 5.41) is 24.4. The first-order chi connectivity index (χ1) is 13.8. The van der Waals surface area contributed by atoms with Crippen molar-refractivity contribution in [2.24, 2.45) is 0 Å². The fraction of sp³-hybridized carbons (Fsp3) is 0.0556. The summed E-state index contributed by atoms with van der Waals surface area (Å²) < 4.78 is 10.8. The Morgan fingerprint density at radius 2 is 1.83 bits per heavy atom. The molecule has 0 bridgehead atoms. The number of hydrogen-bond acceptors (Lipinski definition) is 7. The minimum absolute atomic E-state index is 0.0278. The van der Waals surface area contributed by atoms with Gasteiger partial charge < -0.3 is 14.5 Å². The molecule has 1 N–H and O–H groups in total. The van der Waals surface area contributed by atoms with E-state index in [9.17, 15) is 25.0 Å². The number of ether oxygens (including phenoxy) is 1. The van der Waals surface area contributed by atoms with Crippen molar-refractivity contribution in [3.05, 3.63) is 91.4 Å². The number of furan rings is 1. The molecule has 2 aromatic carbocycles. The second-order valence-electron chi connectivity index (χ2n) is 5.65. The molecule has 11 heteroatoms. The third kappa shape index (κ3) is 4.68. The van der Waals surface area contributed by atoms with Gasteiger partial charge in [-0.05, 0) is 24.3 Å². The van der Waals surface area contributed by atoms with Crippen molar-refractivity contribution in [2.75, 3.05) is 5.32 Å². The van der Waals surface area contributed by atoms with Crippen LogP contribution in [0.2, 0.25) is 5.02 Å². The molecule has 0 aliphatic heterocycles. The molecular formula is C18H12ClN3O7. The maximum absolute atomic E-state index is 12.3. The number of rotatable bonds is 7. The van der Waals surface area contributed by atoms with Crippen LogP contribution in [0.1, 0.15) is 16.3 Å². The van der Waals surface area contributed by atoms with E-state index < -0.39 is 15.8 Å². The van der Waals surface area contributed by atoms with Gasteiger partial charge >= 0.3 is 0 Å². The molecule has 0 aliphatic carbocycles. The van der Waals surface area contributed by atoms with Gasteiger partial charge in [-0.25, -0.2) is 0 Å². The maximum atomic E-state index is 12.3. The van der Waals surface area contributed by atoms with Crippen LogP contribution in [0.25, 0.3) is 0 Å². The number of hydrogen-bond donors (Lipinski definition) is 1. The summed E-state index contributed by atoms with van der Waals surface area (Å²) in [4.78, 5) is 32.9. The van der Waals surface area contributed by atoms with Crippen molar-refractivity contribution >= 4 is 34.6 Å². The molecule has 0 spiro atoms. The fourth-order valence-corrected chi connectivity index (χ4v) is 2.54. The second-order valence-corrected chi connectivity index (χ2v) is 6.06. The number of nitrogens with one attached hydrogen (secondary N) is 1. The predicted octanol–water partition coefficient (Wildman–Crippen LogP) is 4.58. The minimum Gasteiger partial charge on any atom is -0.484 e. The third-order valence-corrected chi connectivity index (χ3v) is 4.04. The van der Waals surface area contributed by atoms with Gasteiger partial charge in [-0.2, -0.15) is 0 Å². The number of nitro groups is 2. The highest BCUT2D eigenvalue weighted by atomic mass is 35.5. The molecule has 0 saturated carbocycles. The molecular weight excluding hydrogens is 406 g/mol. The van der Waals surface area contributed by atoms with Gasteiger partial charge in [0, 0.05) is 12.1 Å². The number of nitrogens with zero attached hydrogens (tertiary/aromatic N) is 2. The summed E-state index contributed by atoms with van der Waals surface area (Å²) in [6.45, 7) is -0.139. The maximum Gasteiger partial charge on any atom is 0.292 e. The summed E-state index contributed by atoms with van der Waals surface area (Å²) in [5.74, 6) is -0.436. The molecule has 1 amide bonds. The van der Waals surface area contributed by atoms with Crippen LogP contribution in [0.15, 0.2) is 59.0 Å². The Morgan fingerprint density at radius 3 is 2.55 bits per heavy atom. The number of non-ortho nitro benzene ring substituents is 1. The van der Waals surface area contributed by atoms with Gasteiger partial charge in [0.2, 0.25) is 0 Å². The van der Waals surface area contributed by atoms with Gasteiger partial charge in [-0.1, -0.05) is 23.7 Å². The highest BCUT2D eigenvalue weighted by Crippen LogP contribution is 2.30. The molecule has 1 heterocycles. The lowest BCUT2D eigenvalue weighted by molar-refractivity contribution is -0.385. The summed E-state index contributed by atoms with van der Waals surface area (Å²) in [7, 11) is 0. The molecule has 29 heavy (non-hydrogen) atoms. The number of nitro benzene ring substituents is 2. The van der Waals surface area contributed by atoms with E-state index in [1.807, 2.05) is 0 Å². The van der Waals surface area contributed by atoms with Crippen LogP contribution in [0.5, 0.6) is 5.75 Å². The first kappa shape index (κ1) is 19.8. The van der Waals surface area contributed by atoms with Crippen LogP contribution in [0.3, 0.4) is 0 Å². The number of halogens is 1. The predicted molar refractivity (Wildman–Crippen MR) is 102 cm³/mol. The molecule has 0 unspecified atom stereocenters. The molecule has 1 aromatic heterocycles. The van der Waals surface area contributed by atoms with E-state index in [2.05, 4.69) is 5.32 Å². The Labute approximate surface area is 168 Å². The zero-order valence-electron chi connectivity index (χ0n) is 14.5.